The van der Waals surface area contributed by atoms with Crippen LogP contribution >= 0.6 is 11.3 Å². The third kappa shape index (κ3) is 3.41. The lowest BCUT2D eigenvalue weighted by atomic mass is 10.1. The minimum atomic E-state index is 0.102. The molecule has 3 heterocycles. The lowest BCUT2D eigenvalue weighted by Gasteiger charge is -2.24. The van der Waals surface area contributed by atoms with E-state index in [-0.39, 0.29) is 11.7 Å². The van der Waals surface area contributed by atoms with E-state index >= 15 is 0 Å². The van der Waals surface area contributed by atoms with Crippen molar-refractivity contribution < 1.29 is 9.59 Å². The van der Waals surface area contributed by atoms with Crippen molar-refractivity contribution in [2.24, 2.45) is 0 Å². The van der Waals surface area contributed by atoms with Gasteiger partial charge in [0.15, 0.2) is 5.78 Å². The molecule has 5 heteroatoms. The lowest BCUT2D eigenvalue weighted by Crippen LogP contribution is -2.39. The van der Waals surface area contributed by atoms with E-state index in [0.29, 0.717) is 24.9 Å². The maximum Gasteiger partial charge on any atom is 0.223 e. The van der Waals surface area contributed by atoms with Gasteiger partial charge in [-0.05, 0) is 39.2 Å². The summed E-state index contributed by atoms with van der Waals surface area (Å²) in [6, 6.07) is 2.98. The Hall–Kier alpha value is -1.20. The van der Waals surface area contributed by atoms with Crippen LogP contribution in [0.5, 0.6) is 0 Å². The van der Waals surface area contributed by atoms with Crippen LogP contribution in [-0.4, -0.2) is 41.8 Å². The highest BCUT2D eigenvalue weighted by atomic mass is 32.1. The Kier molecular flexibility index (Phi) is 4.64. The number of nitrogens with one attached hydrogen (secondary N) is 1. The molecule has 1 aromatic heterocycles. The summed E-state index contributed by atoms with van der Waals surface area (Å²) in [7, 11) is 0. The highest BCUT2D eigenvalue weighted by molar-refractivity contribution is 7.12. The fourth-order valence-corrected chi connectivity index (χ4v) is 4.53. The van der Waals surface area contributed by atoms with Crippen LogP contribution in [0.4, 0.5) is 0 Å². The van der Waals surface area contributed by atoms with Crippen molar-refractivity contribution in [1.82, 2.24) is 10.2 Å². The van der Waals surface area contributed by atoms with E-state index in [1.54, 1.807) is 11.3 Å². The molecule has 1 amide bonds. The highest BCUT2D eigenvalue weighted by Crippen LogP contribution is 2.23. The molecule has 2 fully saturated rings. The first-order valence-corrected chi connectivity index (χ1v) is 8.98. The van der Waals surface area contributed by atoms with Crippen LogP contribution in [0.1, 0.15) is 52.2 Å². The Morgan fingerprint density at radius 3 is 2.73 bits per heavy atom. The van der Waals surface area contributed by atoms with E-state index in [2.05, 4.69) is 5.32 Å². The number of ketones is 1. The predicted octanol–water partition coefficient (Wildman–Crippen LogP) is 2.68. The van der Waals surface area contributed by atoms with Crippen molar-refractivity contribution in [3.8, 4) is 0 Å². The molecule has 2 atom stereocenters. The van der Waals surface area contributed by atoms with Crippen molar-refractivity contribution in [3.05, 3.63) is 21.4 Å². The summed E-state index contributed by atoms with van der Waals surface area (Å²) in [6.07, 6.45) is 4.11. The average molecular weight is 320 g/mol. The third-order valence-electron chi connectivity index (χ3n) is 4.78. The largest absolute Gasteiger partial charge is 0.341 e. The van der Waals surface area contributed by atoms with Gasteiger partial charge in [-0.15, -0.1) is 11.3 Å². The summed E-state index contributed by atoms with van der Waals surface area (Å²) in [5.41, 5.74) is 0.798. The molecular weight excluding hydrogens is 296 g/mol. The number of hydrogen-bond acceptors (Lipinski definition) is 4. The van der Waals surface area contributed by atoms with Gasteiger partial charge in [0, 0.05) is 53.3 Å². The second-order valence-corrected chi connectivity index (χ2v) is 7.98. The molecule has 2 aliphatic rings. The zero-order valence-corrected chi connectivity index (χ0v) is 14.2. The molecule has 1 aromatic rings. The molecule has 1 N–H and O–H groups in total. The molecule has 3 rings (SSSR count). The number of amides is 1. The van der Waals surface area contributed by atoms with Crippen molar-refractivity contribution in [2.75, 3.05) is 13.1 Å². The van der Waals surface area contributed by atoms with Crippen molar-refractivity contribution >= 4 is 23.0 Å². The highest BCUT2D eigenvalue weighted by Gasteiger charge is 2.31. The zero-order valence-electron chi connectivity index (χ0n) is 13.4. The molecule has 120 valence electrons. The summed E-state index contributed by atoms with van der Waals surface area (Å²) in [5, 5.41) is 3.58. The SMILES string of the molecule is Cc1cc(C(=O)CCC(=O)N2CCC3CCC(C2)N3)c(C)s1. The second kappa shape index (κ2) is 6.50. The Bertz CT molecular complexity index is 581. The first-order chi connectivity index (χ1) is 10.5. The third-order valence-corrected chi connectivity index (χ3v) is 5.75. The van der Waals surface area contributed by atoms with Crippen LogP contribution in [0.15, 0.2) is 6.07 Å². The number of aryl methyl sites for hydroxylation is 2. The quantitative estimate of drug-likeness (QED) is 0.868. The van der Waals surface area contributed by atoms with E-state index in [9.17, 15) is 9.59 Å². The van der Waals surface area contributed by atoms with E-state index in [1.807, 2.05) is 24.8 Å². The van der Waals surface area contributed by atoms with E-state index < -0.39 is 0 Å². The molecule has 22 heavy (non-hydrogen) atoms. The maximum atomic E-state index is 12.4. The molecule has 0 radical (unpaired) electrons. The van der Waals surface area contributed by atoms with Gasteiger partial charge < -0.3 is 10.2 Å². The van der Waals surface area contributed by atoms with Gasteiger partial charge in [0.25, 0.3) is 0 Å². The van der Waals surface area contributed by atoms with Crippen LogP contribution < -0.4 is 5.32 Å². The number of likely N-dealkylation sites (tertiary alicyclic amines) is 1. The standard InChI is InChI=1S/C17H24N2O2S/c1-11-9-15(12(2)22-11)16(20)5-6-17(21)19-8-7-13-3-4-14(10-19)18-13/h9,13-14,18H,3-8,10H2,1-2H3. The van der Waals surface area contributed by atoms with Gasteiger partial charge in [-0.1, -0.05) is 0 Å². The smallest absolute Gasteiger partial charge is 0.223 e. The molecule has 2 saturated heterocycles. The Labute approximate surface area is 135 Å². The van der Waals surface area contributed by atoms with Crippen LogP contribution in [0, 0.1) is 13.8 Å². The summed E-state index contributed by atoms with van der Waals surface area (Å²) in [6.45, 7) is 5.63. The number of Topliss-reactive ketones (excluding diaryl/α,β-unsaturated/α-hetero) is 1. The number of thiophene rings is 1. The van der Waals surface area contributed by atoms with E-state index in [1.165, 1.54) is 12.8 Å². The van der Waals surface area contributed by atoms with E-state index in [0.717, 1.165) is 34.8 Å². The second-order valence-electron chi connectivity index (χ2n) is 6.52. The van der Waals surface area contributed by atoms with Crippen LogP contribution in [0.3, 0.4) is 0 Å². The van der Waals surface area contributed by atoms with Gasteiger partial charge in [0.1, 0.15) is 0 Å². The Morgan fingerprint density at radius 1 is 1.23 bits per heavy atom. The van der Waals surface area contributed by atoms with Gasteiger partial charge in [-0.2, -0.15) is 0 Å². The molecule has 0 spiro atoms. The van der Waals surface area contributed by atoms with Gasteiger partial charge in [0.05, 0.1) is 0 Å². The van der Waals surface area contributed by atoms with Gasteiger partial charge in [-0.25, -0.2) is 0 Å². The van der Waals surface area contributed by atoms with E-state index in [4.69, 9.17) is 0 Å². The number of carbonyl (C=O) groups excluding carboxylic acids is 2. The number of carbonyl (C=O) groups is 2. The normalized spacial score (nSPS) is 24.4. The molecular formula is C17H24N2O2S. The number of rotatable bonds is 4. The van der Waals surface area contributed by atoms with Crippen LogP contribution in [0.2, 0.25) is 0 Å². The molecule has 0 aliphatic carbocycles. The fourth-order valence-electron chi connectivity index (χ4n) is 3.59. The minimum absolute atomic E-state index is 0.102. The monoisotopic (exact) mass is 320 g/mol. The summed E-state index contributed by atoms with van der Waals surface area (Å²) in [5.74, 6) is 0.233. The number of nitrogens with zero attached hydrogens (tertiary/aromatic N) is 1. The lowest BCUT2D eigenvalue weighted by molar-refractivity contribution is -0.131. The fraction of sp³-hybridized carbons (Fsp3) is 0.647. The molecule has 4 nitrogen and oxygen atoms in total. The summed E-state index contributed by atoms with van der Waals surface area (Å²) >= 11 is 1.65. The molecule has 2 aliphatic heterocycles. The first-order valence-electron chi connectivity index (χ1n) is 8.17. The van der Waals surface area contributed by atoms with Gasteiger partial charge in [0.2, 0.25) is 5.91 Å². The summed E-state index contributed by atoms with van der Waals surface area (Å²) in [4.78, 5) is 28.9. The molecule has 2 bridgehead atoms. The first kappa shape index (κ1) is 15.7. The van der Waals surface area contributed by atoms with Crippen molar-refractivity contribution in [1.29, 1.82) is 0 Å². The predicted molar refractivity (Wildman–Crippen MR) is 88.5 cm³/mol. The van der Waals surface area contributed by atoms with Crippen LogP contribution in [-0.2, 0) is 4.79 Å². The number of hydrogen-bond donors (Lipinski definition) is 1. The topological polar surface area (TPSA) is 49.4 Å². The summed E-state index contributed by atoms with van der Waals surface area (Å²) < 4.78 is 0. The maximum absolute atomic E-state index is 12.4. The minimum Gasteiger partial charge on any atom is -0.341 e. The molecule has 2 unspecified atom stereocenters. The van der Waals surface area contributed by atoms with Gasteiger partial charge >= 0.3 is 0 Å². The average Bonchev–Trinajstić information content (AvgIpc) is 2.97. The molecule has 0 aromatic carbocycles. The van der Waals surface area contributed by atoms with Gasteiger partial charge in [-0.3, -0.25) is 9.59 Å². The Balaban J connectivity index is 1.53. The van der Waals surface area contributed by atoms with Crippen molar-refractivity contribution in [3.63, 3.8) is 0 Å². The van der Waals surface area contributed by atoms with Crippen LogP contribution in [0.25, 0.3) is 0 Å². The Morgan fingerprint density at radius 2 is 2.00 bits per heavy atom. The van der Waals surface area contributed by atoms with Crippen molar-refractivity contribution in [2.45, 2.75) is 58.0 Å². The zero-order chi connectivity index (χ0) is 15.7. The molecule has 0 saturated carbocycles. The number of fused-ring (bicyclic) bond motifs is 2.